The molecule has 0 saturated carbocycles. The number of ether oxygens (including phenoxy) is 2. The Morgan fingerprint density at radius 1 is 0.926 bits per heavy atom. The molecule has 0 atom stereocenters. The lowest BCUT2D eigenvalue weighted by Gasteiger charge is -2.11. The van der Waals surface area contributed by atoms with Crippen molar-refractivity contribution in [2.24, 2.45) is 0 Å². The summed E-state index contributed by atoms with van der Waals surface area (Å²) in [6.07, 6.45) is 2.17. The molecular weight excluding hydrogens is 338 g/mol. The molecule has 0 bridgehead atoms. The van der Waals surface area contributed by atoms with E-state index in [1.807, 2.05) is 54.6 Å². The highest BCUT2D eigenvalue weighted by atomic mass is 16.5. The summed E-state index contributed by atoms with van der Waals surface area (Å²) in [5.41, 5.74) is 1.28. The predicted octanol–water partition coefficient (Wildman–Crippen LogP) is 4.37. The Kier molecular flexibility index (Phi) is 6.69. The van der Waals surface area contributed by atoms with E-state index in [9.17, 15) is 4.79 Å². The van der Waals surface area contributed by atoms with Crippen LogP contribution in [0.15, 0.2) is 66.7 Å². The average Bonchev–Trinajstić information content (AvgIpc) is 2.71. The van der Waals surface area contributed by atoms with E-state index in [0.29, 0.717) is 18.9 Å². The molecule has 1 amide bonds. The number of fused-ring (bicyclic) bond motifs is 1. The van der Waals surface area contributed by atoms with Crippen LogP contribution in [0.1, 0.15) is 18.9 Å². The van der Waals surface area contributed by atoms with Gasteiger partial charge in [-0.2, -0.15) is 0 Å². The molecule has 3 aromatic rings. The Labute approximate surface area is 160 Å². The van der Waals surface area contributed by atoms with Crippen LogP contribution in [0.2, 0.25) is 0 Å². The Hall–Kier alpha value is -3.01. The van der Waals surface area contributed by atoms with Crippen molar-refractivity contribution in [3.8, 4) is 11.5 Å². The zero-order valence-electron chi connectivity index (χ0n) is 15.6. The molecule has 27 heavy (non-hydrogen) atoms. The predicted molar refractivity (Wildman–Crippen MR) is 108 cm³/mol. The van der Waals surface area contributed by atoms with E-state index in [2.05, 4.69) is 24.4 Å². The van der Waals surface area contributed by atoms with Crippen LogP contribution in [-0.2, 0) is 11.2 Å². The van der Waals surface area contributed by atoms with E-state index in [-0.39, 0.29) is 12.5 Å². The molecule has 0 aliphatic heterocycles. The molecule has 0 aliphatic rings. The highest BCUT2D eigenvalue weighted by Gasteiger charge is 2.04. The summed E-state index contributed by atoms with van der Waals surface area (Å²) in [5.74, 6) is 1.37. The molecule has 0 aromatic heterocycles. The minimum atomic E-state index is -0.158. The minimum Gasteiger partial charge on any atom is -0.491 e. The smallest absolute Gasteiger partial charge is 0.258 e. The van der Waals surface area contributed by atoms with Crippen LogP contribution in [0.25, 0.3) is 10.8 Å². The molecule has 140 valence electrons. The first-order valence-electron chi connectivity index (χ1n) is 9.35. The van der Waals surface area contributed by atoms with E-state index >= 15 is 0 Å². The summed E-state index contributed by atoms with van der Waals surface area (Å²) in [5, 5.41) is 5.02. The van der Waals surface area contributed by atoms with Gasteiger partial charge in [0.15, 0.2) is 6.61 Å². The van der Waals surface area contributed by atoms with Gasteiger partial charge in [0.05, 0.1) is 6.54 Å². The monoisotopic (exact) mass is 363 g/mol. The third kappa shape index (κ3) is 5.48. The van der Waals surface area contributed by atoms with Crippen molar-refractivity contribution in [3.63, 3.8) is 0 Å². The molecule has 0 heterocycles. The van der Waals surface area contributed by atoms with Gasteiger partial charge in [-0.15, -0.1) is 0 Å². The highest BCUT2D eigenvalue weighted by molar-refractivity contribution is 5.88. The van der Waals surface area contributed by atoms with Crippen molar-refractivity contribution in [3.05, 3.63) is 72.3 Å². The molecule has 3 rings (SSSR count). The fraction of sp³-hybridized carbons (Fsp3) is 0.261. The summed E-state index contributed by atoms with van der Waals surface area (Å²) in [7, 11) is 0. The van der Waals surface area contributed by atoms with Crippen LogP contribution in [0.3, 0.4) is 0 Å². The van der Waals surface area contributed by atoms with Crippen LogP contribution in [-0.4, -0.2) is 25.7 Å². The van der Waals surface area contributed by atoms with Gasteiger partial charge in [-0.3, -0.25) is 4.79 Å². The number of carbonyl (C=O) groups excluding carboxylic acids is 1. The molecule has 0 fully saturated rings. The van der Waals surface area contributed by atoms with Crippen LogP contribution < -0.4 is 14.8 Å². The van der Waals surface area contributed by atoms with Gasteiger partial charge in [0.1, 0.15) is 18.1 Å². The number of amides is 1. The largest absolute Gasteiger partial charge is 0.491 e. The van der Waals surface area contributed by atoms with Gasteiger partial charge >= 0.3 is 0 Å². The van der Waals surface area contributed by atoms with Gasteiger partial charge in [0.2, 0.25) is 0 Å². The van der Waals surface area contributed by atoms with Crippen LogP contribution in [0, 0.1) is 0 Å². The summed E-state index contributed by atoms with van der Waals surface area (Å²) < 4.78 is 11.3. The number of aryl methyl sites for hydroxylation is 1. The second-order valence-electron chi connectivity index (χ2n) is 6.36. The second-order valence-corrected chi connectivity index (χ2v) is 6.36. The molecule has 0 spiro atoms. The maximum absolute atomic E-state index is 11.9. The van der Waals surface area contributed by atoms with Gasteiger partial charge in [-0.1, -0.05) is 61.9 Å². The van der Waals surface area contributed by atoms with E-state index in [1.54, 1.807) is 0 Å². The summed E-state index contributed by atoms with van der Waals surface area (Å²) in [6.45, 7) is 2.99. The van der Waals surface area contributed by atoms with Gasteiger partial charge in [0, 0.05) is 5.39 Å². The molecule has 0 unspecified atom stereocenters. The lowest BCUT2D eigenvalue weighted by Crippen LogP contribution is -2.32. The number of hydrogen-bond acceptors (Lipinski definition) is 3. The topological polar surface area (TPSA) is 47.6 Å². The Bertz CT molecular complexity index is 869. The number of carbonyl (C=O) groups is 1. The lowest BCUT2D eigenvalue weighted by atomic mass is 10.1. The SMILES string of the molecule is CCCc1ccc(OCC(=O)NCCOc2cccc3ccccc23)cc1. The summed E-state index contributed by atoms with van der Waals surface area (Å²) in [6, 6.07) is 21.9. The van der Waals surface area contributed by atoms with Crippen LogP contribution in [0.5, 0.6) is 11.5 Å². The summed E-state index contributed by atoms with van der Waals surface area (Å²) >= 11 is 0. The lowest BCUT2D eigenvalue weighted by molar-refractivity contribution is -0.123. The maximum Gasteiger partial charge on any atom is 0.258 e. The Morgan fingerprint density at radius 3 is 2.52 bits per heavy atom. The molecule has 0 saturated heterocycles. The molecule has 0 radical (unpaired) electrons. The normalized spacial score (nSPS) is 10.6. The van der Waals surface area contributed by atoms with Crippen molar-refractivity contribution in [2.75, 3.05) is 19.8 Å². The maximum atomic E-state index is 11.9. The fourth-order valence-electron chi connectivity index (χ4n) is 2.91. The van der Waals surface area contributed by atoms with Crippen molar-refractivity contribution in [1.29, 1.82) is 0 Å². The van der Waals surface area contributed by atoms with Crippen molar-refractivity contribution in [2.45, 2.75) is 19.8 Å². The number of nitrogens with one attached hydrogen (secondary N) is 1. The molecule has 0 aliphatic carbocycles. The quantitative estimate of drug-likeness (QED) is 0.575. The number of hydrogen-bond donors (Lipinski definition) is 1. The van der Waals surface area contributed by atoms with Gasteiger partial charge in [-0.05, 0) is 35.6 Å². The number of rotatable bonds is 9. The standard InChI is InChI=1S/C23H25NO3/c1-2-6-18-11-13-20(14-12-18)27-17-23(25)24-15-16-26-22-10-5-8-19-7-3-4-9-21(19)22/h3-5,7-14H,2,6,15-17H2,1H3,(H,24,25). The van der Waals surface area contributed by atoms with Crippen molar-refractivity contribution >= 4 is 16.7 Å². The van der Waals surface area contributed by atoms with E-state index < -0.39 is 0 Å². The van der Waals surface area contributed by atoms with Crippen LogP contribution >= 0.6 is 0 Å². The molecule has 4 heteroatoms. The third-order valence-corrected chi connectivity index (χ3v) is 4.26. The minimum absolute atomic E-state index is 0.00138. The molecule has 1 N–H and O–H groups in total. The van der Waals surface area contributed by atoms with E-state index in [0.717, 1.165) is 29.4 Å². The highest BCUT2D eigenvalue weighted by Crippen LogP contribution is 2.24. The summed E-state index contributed by atoms with van der Waals surface area (Å²) in [4.78, 5) is 11.9. The van der Waals surface area contributed by atoms with E-state index in [4.69, 9.17) is 9.47 Å². The second kappa shape index (κ2) is 9.62. The Balaban J connectivity index is 1.39. The molecule has 3 aromatic carbocycles. The first-order chi connectivity index (χ1) is 13.3. The number of benzene rings is 3. The van der Waals surface area contributed by atoms with Crippen molar-refractivity contribution < 1.29 is 14.3 Å². The molecular formula is C23H25NO3. The zero-order chi connectivity index (χ0) is 18.9. The first kappa shape index (κ1) is 18.8. The first-order valence-corrected chi connectivity index (χ1v) is 9.35. The van der Waals surface area contributed by atoms with Gasteiger partial charge in [0.25, 0.3) is 5.91 Å². The van der Waals surface area contributed by atoms with E-state index in [1.165, 1.54) is 5.56 Å². The van der Waals surface area contributed by atoms with Gasteiger partial charge < -0.3 is 14.8 Å². The average molecular weight is 363 g/mol. The molecule has 4 nitrogen and oxygen atoms in total. The Morgan fingerprint density at radius 2 is 1.70 bits per heavy atom. The van der Waals surface area contributed by atoms with Crippen LogP contribution in [0.4, 0.5) is 0 Å². The fourth-order valence-corrected chi connectivity index (χ4v) is 2.91. The van der Waals surface area contributed by atoms with Crippen molar-refractivity contribution in [1.82, 2.24) is 5.32 Å². The third-order valence-electron chi connectivity index (χ3n) is 4.26. The van der Waals surface area contributed by atoms with Gasteiger partial charge in [-0.25, -0.2) is 0 Å². The zero-order valence-corrected chi connectivity index (χ0v) is 15.6.